The Bertz CT molecular complexity index is 1010. The van der Waals surface area contributed by atoms with Gasteiger partial charge in [0.05, 0.1) is 9.82 Å². The van der Waals surface area contributed by atoms with Crippen LogP contribution in [-0.2, 0) is 16.4 Å². The van der Waals surface area contributed by atoms with Gasteiger partial charge in [0.1, 0.15) is 0 Å². The topological polar surface area (TPSA) is 107 Å². The maximum absolute atomic E-state index is 13.4. The number of nitro groups is 1. The summed E-state index contributed by atoms with van der Waals surface area (Å²) in [7, 11) is -4.08. The molecule has 0 bridgehead atoms. The molecule has 2 aromatic rings. The first-order valence-electron chi connectivity index (χ1n) is 8.64. The molecule has 7 nitrogen and oxygen atoms in total. The molecule has 3 rings (SSSR count). The number of rotatable bonds is 5. The third kappa shape index (κ3) is 4.63. The van der Waals surface area contributed by atoms with Crippen molar-refractivity contribution >= 4 is 21.4 Å². The van der Waals surface area contributed by atoms with Gasteiger partial charge in [-0.25, -0.2) is 22.3 Å². The summed E-state index contributed by atoms with van der Waals surface area (Å²) in [6, 6.07) is 7.46. The monoisotopic (exact) mass is 411 g/mol. The minimum atomic E-state index is -4.08. The third-order valence-electron chi connectivity index (χ3n) is 4.90. The molecular weight excluding hydrogens is 392 g/mol. The highest BCUT2D eigenvalue weighted by Gasteiger charge is 2.24. The van der Waals surface area contributed by atoms with Gasteiger partial charge in [-0.2, -0.15) is 0 Å². The van der Waals surface area contributed by atoms with Crippen molar-refractivity contribution in [1.82, 2.24) is 0 Å². The van der Waals surface area contributed by atoms with Crippen LogP contribution in [-0.4, -0.2) is 26.4 Å². The van der Waals surface area contributed by atoms with Crippen LogP contribution in [0.4, 0.5) is 20.2 Å². The molecule has 1 aliphatic heterocycles. The Balaban J connectivity index is 1.73. The smallest absolute Gasteiger partial charge is 0.272 e. The number of piperidine rings is 1. The van der Waals surface area contributed by atoms with Crippen LogP contribution in [0.15, 0.2) is 41.3 Å². The Morgan fingerprint density at radius 3 is 2.36 bits per heavy atom. The molecule has 1 fully saturated rings. The van der Waals surface area contributed by atoms with Gasteiger partial charge in [0.15, 0.2) is 11.6 Å². The predicted octanol–water partition coefficient (Wildman–Crippen LogP) is 2.98. The molecule has 2 N–H and O–H groups in total. The van der Waals surface area contributed by atoms with Crippen molar-refractivity contribution < 1.29 is 22.1 Å². The zero-order valence-corrected chi connectivity index (χ0v) is 15.7. The number of hydrogen-bond donors (Lipinski definition) is 1. The van der Waals surface area contributed by atoms with E-state index < -0.39 is 26.6 Å². The molecular formula is C18H19F2N3O4S. The van der Waals surface area contributed by atoms with Crippen LogP contribution in [0.5, 0.6) is 0 Å². The van der Waals surface area contributed by atoms with Crippen LogP contribution < -0.4 is 10.0 Å². The highest BCUT2D eigenvalue weighted by atomic mass is 32.2. The van der Waals surface area contributed by atoms with Crippen LogP contribution in [0.3, 0.4) is 0 Å². The van der Waals surface area contributed by atoms with Gasteiger partial charge >= 0.3 is 0 Å². The number of anilines is 1. The number of primary sulfonamides is 1. The van der Waals surface area contributed by atoms with Gasteiger partial charge in [0, 0.05) is 30.9 Å². The van der Waals surface area contributed by atoms with E-state index in [1.54, 1.807) is 6.07 Å². The second kappa shape index (κ2) is 7.80. The highest BCUT2D eigenvalue weighted by molar-refractivity contribution is 7.89. The summed E-state index contributed by atoms with van der Waals surface area (Å²) in [5.74, 6) is -1.51. The van der Waals surface area contributed by atoms with E-state index >= 15 is 0 Å². The van der Waals surface area contributed by atoms with Crippen LogP contribution in [0.25, 0.3) is 0 Å². The number of non-ortho nitro benzene ring substituents is 1. The van der Waals surface area contributed by atoms with E-state index in [0.717, 1.165) is 25.0 Å². The second-order valence-electron chi connectivity index (χ2n) is 6.87. The Kier molecular flexibility index (Phi) is 5.61. The first-order chi connectivity index (χ1) is 13.1. The van der Waals surface area contributed by atoms with Crippen LogP contribution in [0.1, 0.15) is 18.4 Å². The van der Waals surface area contributed by atoms with Crippen molar-refractivity contribution in [2.75, 3.05) is 18.0 Å². The van der Waals surface area contributed by atoms with Crippen molar-refractivity contribution in [3.05, 3.63) is 63.7 Å². The first-order valence-corrected chi connectivity index (χ1v) is 10.2. The van der Waals surface area contributed by atoms with Crippen LogP contribution in [0.2, 0.25) is 0 Å². The summed E-state index contributed by atoms with van der Waals surface area (Å²) < 4.78 is 49.7. The number of halogens is 2. The summed E-state index contributed by atoms with van der Waals surface area (Å²) in [6.45, 7) is 1.11. The number of nitro benzene ring substituents is 1. The third-order valence-corrected chi connectivity index (χ3v) is 5.80. The molecule has 1 heterocycles. The molecule has 0 spiro atoms. The van der Waals surface area contributed by atoms with E-state index in [1.807, 2.05) is 4.90 Å². The van der Waals surface area contributed by atoms with Crippen molar-refractivity contribution in [1.29, 1.82) is 0 Å². The maximum Gasteiger partial charge on any atom is 0.272 e. The van der Waals surface area contributed by atoms with Gasteiger partial charge in [-0.15, -0.1) is 0 Å². The molecule has 1 aliphatic rings. The molecule has 0 aliphatic carbocycles. The normalized spacial score (nSPS) is 15.6. The zero-order valence-electron chi connectivity index (χ0n) is 14.8. The molecule has 0 amide bonds. The van der Waals surface area contributed by atoms with E-state index in [1.165, 1.54) is 18.2 Å². The van der Waals surface area contributed by atoms with Gasteiger partial charge in [0.25, 0.3) is 5.69 Å². The Labute approximate surface area is 161 Å². The van der Waals surface area contributed by atoms with E-state index in [2.05, 4.69) is 0 Å². The largest absolute Gasteiger partial charge is 0.371 e. The van der Waals surface area contributed by atoms with E-state index in [9.17, 15) is 27.3 Å². The standard InChI is InChI=1S/C18H19F2N3O4S/c19-17-2-1-13(8-18(17)20)7-12-3-5-22(6-4-12)14-9-15(23(24)25)11-16(10-14)28(21,26)27/h1-2,8-12H,3-7H2,(H2,21,26,27). The van der Waals surface area contributed by atoms with Gasteiger partial charge in [0.2, 0.25) is 10.0 Å². The summed E-state index contributed by atoms with van der Waals surface area (Å²) in [5.41, 5.74) is 0.791. The Morgan fingerprint density at radius 1 is 1.11 bits per heavy atom. The van der Waals surface area contributed by atoms with Gasteiger partial charge < -0.3 is 4.90 Å². The predicted molar refractivity (Wildman–Crippen MR) is 99.5 cm³/mol. The molecule has 0 saturated carbocycles. The van der Waals surface area contributed by atoms with Gasteiger partial charge in [-0.1, -0.05) is 6.07 Å². The maximum atomic E-state index is 13.4. The second-order valence-corrected chi connectivity index (χ2v) is 8.43. The van der Waals surface area contributed by atoms with Crippen molar-refractivity contribution in [2.45, 2.75) is 24.2 Å². The van der Waals surface area contributed by atoms with Crippen LogP contribution >= 0.6 is 0 Å². The summed E-state index contributed by atoms with van der Waals surface area (Å²) in [5, 5.41) is 16.2. The average molecular weight is 411 g/mol. The molecule has 1 saturated heterocycles. The number of benzene rings is 2. The zero-order chi connectivity index (χ0) is 20.5. The first kappa shape index (κ1) is 20.2. The molecule has 0 unspecified atom stereocenters. The number of hydrogen-bond acceptors (Lipinski definition) is 5. The lowest BCUT2D eigenvalue weighted by atomic mass is 9.90. The summed E-state index contributed by atoms with van der Waals surface area (Å²) in [6.07, 6.45) is 2.06. The summed E-state index contributed by atoms with van der Waals surface area (Å²) >= 11 is 0. The fourth-order valence-corrected chi connectivity index (χ4v) is 3.99. The van der Waals surface area contributed by atoms with Gasteiger partial charge in [-0.05, 0) is 48.9 Å². The molecule has 0 aromatic heterocycles. The molecule has 0 atom stereocenters. The molecule has 28 heavy (non-hydrogen) atoms. The Morgan fingerprint density at radius 2 is 1.79 bits per heavy atom. The van der Waals surface area contributed by atoms with E-state index in [4.69, 9.17) is 5.14 Å². The fourth-order valence-electron chi connectivity index (χ4n) is 3.42. The number of nitrogens with zero attached hydrogens (tertiary/aromatic N) is 2. The number of nitrogens with two attached hydrogens (primary N) is 1. The minimum Gasteiger partial charge on any atom is -0.371 e. The molecule has 150 valence electrons. The highest BCUT2D eigenvalue weighted by Crippen LogP contribution is 2.30. The number of sulfonamides is 1. The lowest BCUT2D eigenvalue weighted by Crippen LogP contribution is -2.34. The lowest BCUT2D eigenvalue weighted by Gasteiger charge is -2.33. The summed E-state index contributed by atoms with van der Waals surface area (Å²) in [4.78, 5) is 12.0. The lowest BCUT2D eigenvalue weighted by molar-refractivity contribution is -0.385. The fraction of sp³-hybridized carbons (Fsp3) is 0.333. The molecule has 2 aromatic carbocycles. The molecule has 10 heteroatoms. The van der Waals surface area contributed by atoms with Crippen LogP contribution in [0, 0.1) is 27.7 Å². The van der Waals surface area contributed by atoms with Crippen molar-refractivity contribution in [3.63, 3.8) is 0 Å². The minimum absolute atomic E-state index is 0.248. The van der Waals surface area contributed by atoms with Crippen molar-refractivity contribution in [2.24, 2.45) is 11.1 Å². The average Bonchev–Trinajstić information content (AvgIpc) is 2.64. The van der Waals surface area contributed by atoms with Crippen molar-refractivity contribution in [3.8, 4) is 0 Å². The SMILES string of the molecule is NS(=O)(=O)c1cc(N2CCC(Cc3ccc(F)c(F)c3)CC2)cc([N+](=O)[O-])c1. The molecule has 0 radical (unpaired) electrons. The Hall–Kier alpha value is -2.59. The quantitative estimate of drug-likeness (QED) is 0.601. The van der Waals surface area contributed by atoms with E-state index in [-0.39, 0.29) is 16.5 Å². The van der Waals surface area contributed by atoms with Gasteiger partial charge in [-0.3, -0.25) is 10.1 Å². The van der Waals surface area contributed by atoms with E-state index in [0.29, 0.717) is 30.8 Å².